The lowest BCUT2D eigenvalue weighted by Crippen LogP contribution is -2.36. The molecule has 2 aromatic carbocycles. The monoisotopic (exact) mass is 387 g/mol. The first-order valence-corrected chi connectivity index (χ1v) is 10.1. The van der Waals surface area contributed by atoms with E-state index < -0.39 is 0 Å². The van der Waals surface area contributed by atoms with E-state index in [0.717, 1.165) is 24.0 Å². The van der Waals surface area contributed by atoms with Crippen molar-refractivity contribution in [2.75, 3.05) is 19.6 Å². The van der Waals surface area contributed by atoms with Gasteiger partial charge in [-0.25, -0.2) is 0 Å². The van der Waals surface area contributed by atoms with Crippen molar-refractivity contribution in [1.29, 1.82) is 0 Å². The minimum Gasteiger partial charge on any atom is -0.351 e. The van der Waals surface area contributed by atoms with Gasteiger partial charge in [-0.1, -0.05) is 48.5 Å². The number of nitrogens with one attached hydrogen (secondary N) is 2. The summed E-state index contributed by atoms with van der Waals surface area (Å²) >= 11 is 0. The average Bonchev–Trinajstić information content (AvgIpc) is 3.28. The number of hydrogen-bond donors (Lipinski definition) is 2. The third-order valence-corrected chi connectivity index (χ3v) is 5.43. The summed E-state index contributed by atoms with van der Waals surface area (Å²) in [6.45, 7) is 2.65. The summed E-state index contributed by atoms with van der Waals surface area (Å²) in [7, 11) is 0. The highest BCUT2D eigenvalue weighted by Gasteiger charge is 2.23. The molecular weight excluding hydrogens is 362 g/mol. The van der Waals surface area contributed by atoms with Crippen LogP contribution in [0.1, 0.15) is 30.0 Å². The Kier molecular flexibility index (Phi) is 5.86. The van der Waals surface area contributed by atoms with E-state index in [9.17, 15) is 9.59 Å². The van der Waals surface area contributed by atoms with Gasteiger partial charge in [0, 0.05) is 23.7 Å². The number of aromatic nitrogens is 1. The lowest BCUT2D eigenvalue weighted by atomic mass is 10.1. The Morgan fingerprint density at radius 2 is 1.79 bits per heavy atom. The lowest BCUT2D eigenvalue weighted by Gasteiger charge is -2.28. The van der Waals surface area contributed by atoms with Crippen LogP contribution in [0.2, 0.25) is 0 Å². The van der Waals surface area contributed by atoms with Gasteiger partial charge in [0.25, 0.3) is 5.56 Å². The van der Waals surface area contributed by atoms with Gasteiger partial charge in [0.05, 0.1) is 6.04 Å². The fourth-order valence-electron chi connectivity index (χ4n) is 3.90. The van der Waals surface area contributed by atoms with E-state index in [4.69, 9.17) is 0 Å². The minimum atomic E-state index is -0.202. The van der Waals surface area contributed by atoms with Crippen LogP contribution in [0, 0.1) is 0 Å². The molecule has 1 aliphatic rings. The molecule has 2 heterocycles. The second-order valence-electron chi connectivity index (χ2n) is 7.39. The zero-order valence-electron chi connectivity index (χ0n) is 16.3. The van der Waals surface area contributed by atoms with E-state index >= 15 is 0 Å². The van der Waals surface area contributed by atoms with Gasteiger partial charge in [-0.3, -0.25) is 14.5 Å². The molecule has 1 unspecified atom stereocenters. The number of nitrogens with zero attached hydrogens (tertiary/aromatic N) is 1. The maximum atomic E-state index is 12.4. The van der Waals surface area contributed by atoms with Crippen LogP contribution in [0.5, 0.6) is 0 Å². The van der Waals surface area contributed by atoms with Gasteiger partial charge in [-0.05, 0) is 55.1 Å². The number of carbonyl (C=O) groups is 1. The Balaban J connectivity index is 1.44. The molecule has 0 aliphatic carbocycles. The average molecular weight is 387 g/mol. The number of hydrogen-bond acceptors (Lipinski definition) is 3. The summed E-state index contributed by atoms with van der Waals surface area (Å²) in [5.41, 5.74) is 2.27. The van der Waals surface area contributed by atoms with E-state index in [1.807, 2.05) is 42.5 Å². The van der Waals surface area contributed by atoms with Crippen molar-refractivity contribution in [3.8, 4) is 0 Å². The number of aromatic amines is 1. The molecule has 1 fully saturated rings. The Hall–Kier alpha value is -3.18. The molecule has 29 heavy (non-hydrogen) atoms. The van der Waals surface area contributed by atoms with Crippen LogP contribution in [0.4, 0.5) is 0 Å². The van der Waals surface area contributed by atoms with E-state index in [0.29, 0.717) is 12.1 Å². The number of likely N-dealkylation sites (tertiary alicyclic amines) is 1. The summed E-state index contributed by atoms with van der Waals surface area (Å²) in [4.78, 5) is 29.9. The number of amides is 1. The first-order valence-electron chi connectivity index (χ1n) is 10.1. The van der Waals surface area contributed by atoms with Crippen molar-refractivity contribution in [2.45, 2.75) is 18.9 Å². The zero-order chi connectivity index (χ0) is 20.1. The highest BCUT2D eigenvalue weighted by Crippen LogP contribution is 2.24. The fourth-order valence-corrected chi connectivity index (χ4v) is 3.90. The smallest absolute Gasteiger partial charge is 0.255 e. The predicted octanol–water partition coefficient (Wildman–Crippen LogP) is 3.49. The molecule has 4 rings (SSSR count). The Labute approximate surface area is 170 Å². The van der Waals surface area contributed by atoms with Crippen molar-refractivity contribution >= 4 is 22.9 Å². The number of benzene rings is 2. The van der Waals surface area contributed by atoms with Crippen molar-refractivity contribution in [1.82, 2.24) is 15.2 Å². The number of pyridine rings is 1. The first-order chi connectivity index (χ1) is 14.2. The predicted molar refractivity (Wildman–Crippen MR) is 117 cm³/mol. The fraction of sp³-hybridized carbons (Fsp3) is 0.250. The minimum absolute atomic E-state index is 0.167. The molecule has 1 saturated heterocycles. The van der Waals surface area contributed by atoms with Crippen LogP contribution in [0.3, 0.4) is 0 Å². The van der Waals surface area contributed by atoms with E-state index in [1.165, 1.54) is 24.5 Å². The van der Waals surface area contributed by atoms with Crippen LogP contribution in [-0.2, 0) is 4.79 Å². The van der Waals surface area contributed by atoms with Crippen LogP contribution < -0.4 is 10.9 Å². The van der Waals surface area contributed by atoms with Gasteiger partial charge in [-0.2, -0.15) is 0 Å². The van der Waals surface area contributed by atoms with Crippen molar-refractivity contribution in [3.63, 3.8) is 0 Å². The van der Waals surface area contributed by atoms with Gasteiger partial charge in [-0.15, -0.1) is 0 Å². The maximum absolute atomic E-state index is 12.4. The molecule has 1 amide bonds. The number of fused-ring (bicyclic) bond motifs is 1. The molecule has 5 heteroatoms. The molecule has 0 spiro atoms. The summed E-state index contributed by atoms with van der Waals surface area (Å²) < 4.78 is 0. The van der Waals surface area contributed by atoms with E-state index in [2.05, 4.69) is 27.3 Å². The standard InChI is InChI=1S/C24H25N3O2/c28-23(13-12-20-16-19-10-4-5-11-21(19)26-24(20)29)25-17-22(27-14-6-7-15-27)18-8-2-1-3-9-18/h1-5,8-13,16,22H,6-7,14-15,17H2,(H,25,28)(H,26,29)/b13-12+. The second-order valence-corrected chi connectivity index (χ2v) is 7.39. The van der Waals surface area contributed by atoms with Gasteiger partial charge >= 0.3 is 0 Å². The molecule has 148 valence electrons. The summed E-state index contributed by atoms with van der Waals surface area (Å²) in [6.07, 6.45) is 5.41. The van der Waals surface area contributed by atoms with Gasteiger partial charge < -0.3 is 10.3 Å². The molecule has 0 radical (unpaired) electrons. The first kappa shape index (κ1) is 19.2. The van der Waals surface area contributed by atoms with Gasteiger partial charge in [0.2, 0.25) is 5.91 Å². The lowest BCUT2D eigenvalue weighted by molar-refractivity contribution is -0.116. The van der Waals surface area contributed by atoms with E-state index in [-0.39, 0.29) is 17.5 Å². The van der Waals surface area contributed by atoms with Crippen LogP contribution in [0.25, 0.3) is 17.0 Å². The molecular formula is C24H25N3O2. The highest BCUT2D eigenvalue weighted by atomic mass is 16.1. The Bertz CT molecular complexity index is 1070. The van der Waals surface area contributed by atoms with E-state index in [1.54, 1.807) is 12.1 Å². The zero-order valence-corrected chi connectivity index (χ0v) is 16.3. The summed E-state index contributed by atoms with van der Waals surface area (Å²) in [5, 5.41) is 3.94. The summed E-state index contributed by atoms with van der Waals surface area (Å²) in [6, 6.07) is 19.9. The van der Waals surface area contributed by atoms with Gasteiger partial charge in [0.1, 0.15) is 0 Å². The highest BCUT2D eigenvalue weighted by molar-refractivity contribution is 5.92. The van der Waals surface area contributed by atoms with Crippen molar-refractivity contribution in [2.24, 2.45) is 0 Å². The molecule has 1 aliphatic heterocycles. The molecule has 0 saturated carbocycles. The molecule has 2 N–H and O–H groups in total. The summed E-state index contributed by atoms with van der Waals surface area (Å²) in [5.74, 6) is -0.197. The van der Waals surface area contributed by atoms with Crippen LogP contribution in [0.15, 0.2) is 71.5 Å². The van der Waals surface area contributed by atoms with Crippen LogP contribution in [-0.4, -0.2) is 35.4 Å². The Morgan fingerprint density at radius 1 is 1.07 bits per heavy atom. The molecule has 3 aromatic rings. The largest absolute Gasteiger partial charge is 0.351 e. The SMILES string of the molecule is O=C(/C=C/c1cc2ccccc2[nH]c1=O)NCC(c1ccccc1)N1CCCC1. The molecule has 0 bridgehead atoms. The number of para-hydroxylation sites is 1. The van der Waals surface area contributed by atoms with Crippen molar-refractivity contribution in [3.05, 3.63) is 88.2 Å². The third kappa shape index (κ3) is 4.63. The van der Waals surface area contributed by atoms with Gasteiger partial charge in [0.15, 0.2) is 0 Å². The third-order valence-electron chi connectivity index (χ3n) is 5.43. The molecule has 1 atom stereocenters. The maximum Gasteiger partial charge on any atom is 0.255 e. The molecule has 5 nitrogen and oxygen atoms in total. The van der Waals surface area contributed by atoms with Crippen LogP contribution >= 0.6 is 0 Å². The molecule has 1 aromatic heterocycles. The normalized spacial score (nSPS) is 15.7. The van der Waals surface area contributed by atoms with Crippen molar-refractivity contribution < 1.29 is 4.79 Å². The number of H-pyrrole nitrogens is 1. The number of carbonyl (C=O) groups excluding carboxylic acids is 1. The quantitative estimate of drug-likeness (QED) is 0.637. The second kappa shape index (κ2) is 8.88. The Morgan fingerprint density at radius 3 is 2.59 bits per heavy atom. The topological polar surface area (TPSA) is 65.2 Å². The number of rotatable bonds is 6.